The molecule has 0 unspecified atom stereocenters. The molecule has 0 saturated carbocycles. The largest absolute Gasteiger partial charge is 3.00 e. The number of hydrogen-bond acceptors (Lipinski definition) is 0. The summed E-state index contributed by atoms with van der Waals surface area (Å²) in [5.74, 6) is 1.30. The molecule has 1 aliphatic carbocycles. The molecular formula is C25H25Cl2Ti. The van der Waals surface area contributed by atoms with Gasteiger partial charge in [-0.2, -0.15) is 29.3 Å². The normalized spacial score (nSPS) is 11.9. The molecule has 0 bridgehead atoms. The van der Waals surface area contributed by atoms with Gasteiger partial charge < -0.3 is 24.8 Å². The van der Waals surface area contributed by atoms with Crippen molar-refractivity contribution in [3.05, 3.63) is 94.5 Å². The molecular weight excluding hydrogens is 419 g/mol. The van der Waals surface area contributed by atoms with Gasteiger partial charge in [0.15, 0.2) is 0 Å². The molecule has 0 fully saturated rings. The van der Waals surface area contributed by atoms with Crippen LogP contribution in [0.5, 0.6) is 0 Å². The Morgan fingerprint density at radius 2 is 1.14 bits per heavy atom. The molecule has 4 rings (SSSR count). The van der Waals surface area contributed by atoms with E-state index < -0.39 is 0 Å². The SMILES string of the molecule is CC(C)c1[c-]c(C(C)C)c(C2c3ccccc3-c3ccccc32)cc1.[Cl-].[Cl-].[Ti+3]. The van der Waals surface area contributed by atoms with E-state index in [1.54, 1.807) is 0 Å². The predicted octanol–water partition coefficient (Wildman–Crippen LogP) is 0.900. The zero-order valence-electron chi connectivity index (χ0n) is 16.8. The standard InChI is InChI=1S/C25H25.2ClH.Ti/c1-16(2)18-13-14-23(24(15-18)17(3)4)25-21-11-7-5-9-19(21)20-10-6-8-12-22(20)25;;;/h5-14,16-17,25H,1-4H3;2*1H;/q-1;;;+3/p-2. The van der Waals surface area contributed by atoms with Crippen LogP contribution in [0, 0.1) is 6.07 Å². The van der Waals surface area contributed by atoms with Gasteiger partial charge >= 0.3 is 21.7 Å². The van der Waals surface area contributed by atoms with Gasteiger partial charge in [-0.3, -0.25) is 0 Å². The van der Waals surface area contributed by atoms with E-state index in [2.05, 4.69) is 94.4 Å². The van der Waals surface area contributed by atoms with Crippen LogP contribution in [-0.4, -0.2) is 0 Å². The van der Waals surface area contributed by atoms with Crippen LogP contribution in [0.3, 0.4) is 0 Å². The summed E-state index contributed by atoms with van der Waals surface area (Å²) in [7, 11) is 0. The van der Waals surface area contributed by atoms with Gasteiger partial charge in [-0.15, -0.1) is 5.56 Å². The quantitative estimate of drug-likeness (QED) is 0.326. The Hall–Kier alpha value is -1.05. The van der Waals surface area contributed by atoms with Gasteiger partial charge in [0.2, 0.25) is 0 Å². The van der Waals surface area contributed by atoms with Crippen LogP contribution >= 0.6 is 0 Å². The zero-order valence-corrected chi connectivity index (χ0v) is 19.8. The Balaban J connectivity index is 0.00000131. The van der Waals surface area contributed by atoms with E-state index in [-0.39, 0.29) is 46.5 Å². The van der Waals surface area contributed by atoms with Crippen molar-refractivity contribution in [3.63, 3.8) is 0 Å². The Labute approximate surface area is 196 Å². The second-order valence-electron chi connectivity index (χ2n) is 7.70. The monoisotopic (exact) mass is 443 g/mol. The van der Waals surface area contributed by atoms with Crippen molar-refractivity contribution in [2.45, 2.75) is 45.4 Å². The van der Waals surface area contributed by atoms with Crippen molar-refractivity contribution in [3.8, 4) is 11.1 Å². The van der Waals surface area contributed by atoms with Crippen LogP contribution in [0.1, 0.15) is 73.3 Å². The van der Waals surface area contributed by atoms with Crippen molar-refractivity contribution in [1.82, 2.24) is 0 Å². The minimum atomic E-state index is 0. The van der Waals surface area contributed by atoms with Crippen molar-refractivity contribution < 1.29 is 46.5 Å². The first kappa shape index (κ1) is 25.0. The van der Waals surface area contributed by atoms with Crippen LogP contribution in [0.2, 0.25) is 0 Å². The van der Waals surface area contributed by atoms with Gasteiger partial charge in [-0.25, -0.2) is 0 Å². The molecule has 0 saturated heterocycles. The van der Waals surface area contributed by atoms with Crippen LogP contribution in [0.15, 0.2) is 60.7 Å². The molecule has 0 N–H and O–H groups in total. The summed E-state index contributed by atoms with van der Waals surface area (Å²) in [6.07, 6.45) is 0. The van der Waals surface area contributed by atoms with Crippen molar-refractivity contribution >= 4 is 0 Å². The van der Waals surface area contributed by atoms with E-state index in [1.165, 1.54) is 38.9 Å². The first-order valence-corrected chi connectivity index (χ1v) is 9.32. The number of hydrogen-bond donors (Lipinski definition) is 0. The molecule has 143 valence electrons. The van der Waals surface area contributed by atoms with Crippen LogP contribution < -0.4 is 24.8 Å². The predicted molar refractivity (Wildman–Crippen MR) is 106 cm³/mol. The number of fused-ring (bicyclic) bond motifs is 3. The summed E-state index contributed by atoms with van der Waals surface area (Å²) < 4.78 is 0. The molecule has 0 aliphatic heterocycles. The topological polar surface area (TPSA) is 0 Å². The fourth-order valence-corrected chi connectivity index (χ4v) is 4.10. The maximum atomic E-state index is 3.75. The fourth-order valence-electron chi connectivity index (χ4n) is 4.10. The summed E-state index contributed by atoms with van der Waals surface area (Å²) in [4.78, 5) is 0. The summed E-state index contributed by atoms with van der Waals surface area (Å²) in [5, 5.41) is 0. The average molecular weight is 444 g/mol. The van der Waals surface area contributed by atoms with E-state index in [0.717, 1.165) is 0 Å². The van der Waals surface area contributed by atoms with Crippen LogP contribution in [-0.2, 0) is 21.7 Å². The molecule has 0 amide bonds. The van der Waals surface area contributed by atoms with Gasteiger partial charge in [0.05, 0.1) is 0 Å². The average Bonchev–Trinajstić information content (AvgIpc) is 2.95. The Bertz CT molecular complexity index is 886. The first-order chi connectivity index (χ1) is 12.1. The van der Waals surface area contributed by atoms with E-state index in [4.69, 9.17) is 0 Å². The second-order valence-corrected chi connectivity index (χ2v) is 7.70. The van der Waals surface area contributed by atoms with Crippen molar-refractivity contribution in [2.24, 2.45) is 0 Å². The van der Waals surface area contributed by atoms with Crippen LogP contribution in [0.4, 0.5) is 0 Å². The molecule has 28 heavy (non-hydrogen) atoms. The number of halogens is 2. The molecule has 1 radical (unpaired) electrons. The van der Waals surface area contributed by atoms with Gasteiger partial charge in [0.25, 0.3) is 0 Å². The maximum Gasteiger partial charge on any atom is 3.00 e. The van der Waals surface area contributed by atoms with E-state index in [9.17, 15) is 0 Å². The van der Waals surface area contributed by atoms with Gasteiger partial charge in [0, 0.05) is 0 Å². The molecule has 1 aliphatic rings. The maximum absolute atomic E-state index is 3.75. The Morgan fingerprint density at radius 3 is 1.61 bits per heavy atom. The molecule has 0 nitrogen and oxygen atoms in total. The first-order valence-electron chi connectivity index (χ1n) is 9.32. The van der Waals surface area contributed by atoms with Crippen molar-refractivity contribution in [2.75, 3.05) is 0 Å². The summed E-state index contributed by atoms with van der Waals surface area (Å²) in [6, 6.07) is 26.1. The van der Waals surface area contributed by atoms with E-state index in [0.29, 0.717) is 17.8 Å². The minimum Gasteiger partial charge on any atom is -1.00 e. The third-order valence-electron chi connectivity index (χ3n) is 5.38. The zero-order chi connectivity index (χ0) is 17.6. The fraction of sp³-hybridized carbons (Fsp3) is 0.280. The van der Waals surface area contributed by atoms with Gasteiger partial charge in [0.1, 0.15) is 0 Å². The summed E-state index contributed by atoms with van der Waals surface area (Å²) >= 11 is 0. The molecule has 0 atom stereocenters. The molecule has 3 heteroatoms. The van der Waals surface area contributed by atoms with Gasteiger partial charge in [-0.05, 0) is 40.0 Å². The Kier molecular flexibility index (Phi) is 9.04. The molecule has 0 aromatic heterocycles. The smallest absolute Gasteiger partial charge is 1.00 e. The van der Waals surface area contributed by atoms with E-state index >= 15 is 0 Å². The second kappa shape index (κ2) is 10.1. The molecule has 3 aromatic carbocycles. The molecule has 0 spiro atoms. The van der Waals surface area contributed by atoms with Crippen LogP contribution in [0.25, 0.3) is 11.1 Å². The van der Waals surface area contributed by atoms with Crippen molar-refractivity contribution in [1.29, 1.82) is 0 Å². The molecule has 0 heterocycles. The van der Waals surface area contributed by atoms with Gasteiger partial charge in [-0.1, -0.05) is 76.2 Å². The summed E-state index contributed by atoms with van der Waals surface area (Å²) in [5.41, 5.74) is 9.70. The number of benzene rings is 3. The van der Waals surface area contributed by atoms with E-state index in [1.807, 2.05) is 0 Å². The number of rotatable bonds is 3. The third-order valence-corrected chi connectivity index (χ3v) is 5.38. The minimum absolute atomic E-state index is 0. The Morgan fingerprint density at radius 1 is 0.643 bits per heavy atom. The molecule has 3 aromatic rings. The third kappa shape index (κ3) is 4.26. The summed E-state index contributed by atoms with van der Waals surface area (Å²) in [6.45, 7) is 9.06.